The van der Waals surface area contributed by atoms with Crippen molar-refractivity contribution in [2.75, 3.05) is 83.6 Å². The molecule has 0 unspecified atom stereocenters. The quantitative estimate of drug-likeness (QED) is 0.0341. The van der Waals surface area contributed by atoms with Crippen LogP contribution in [0.3, 0.4) is 0 Å². The molecule has 566 valence electrons. The van der Waals surface area contributed by atoms with Gasteiger partial charge in [0.05, 0.1) is 62.0 Å². The van der Waals surface area contributed by atoms with Gasteiger partial charge in [-0.25, -0.2) is 9.97 Å². The first-order chi connectivity index (χ1) is 49.2. The number of rotatable bonds is 24. The van der Waals surface area contributed by atoms with Crippen LogP contribution in [0, 0.1) is 17.8 Å². The Morgan fingerprint density at radius 1 is 0.718 bits per heavy atom. The van der Waals surface area contributed by atoms with E-state index in [-0.39, 0.29) is 75.9 Å². The Kier molecular flexibility index (Phi) is 27.2. The van der Waals surface area contributed by atoms with Crippen molar-refractivity contribution >= 4 is 63.1 Å². The number of aliphatic hydroxyl groups is 8. The number of nitrogens with one attached hydrogen (secondary N) is 5. The molecule has 0 spiro atoms. The summed E-state index contributed by atoms with van der Waals surface area (Å²) in [4.78, 5) is 104. The molecule has 15 N–H and O–H groups in total. The van der Waals surface area contributed by atoms with Gasteiger partial charge >= 0.3 is 10.4 Å². The maximum absolute atomic E-state index is 15.1. The fourth-order valence-electron chi connectivity index (χ4n) is 14.3. The minimum atomic E-state index is -5.23. The number of carbonyl (C=O) groups is 6. The van der Waals surface area contributed by atoms with Crippen LogP contribution in [0.2, 0.25) is 0 Å². The van der Waals surface area contributed by atoms with Crippen molar-refractivity contribution in [3.63, 3.8) is 0 Å². The van der Waals surface area contributed by atoms with Crippen LogP contribution in [-0.4, -0.2) is 287 Å². The van der Waals surface area contributed by atoms with Gasteiger partial charge in [-0.05, 0) is 113 Å². The van der Waals surface area contributed by atoms with E-state index < -0.39 is 168 Å². The van der Waals surface area contributed by atoms with Crippen molar-refractivity contribution < 1.29 is 96.6 Å². The Bertz CT molecular complexity index is 3630. The van der Waals surface area contributed by atoms with Gasteiger partial charge in [0.25, 0.3) is 0 Å². The van der Waals surface area contributed by atoms with Crippen molar-refractivity contribution in [3.05, 3.63) is 65.4 Å². The number of carbonyl (C=O) groups excluding carboxylic acids is 6. The molecule has 6 aliphatic rings. The van der Waals surface area contributed by atoms with Gasteiger partial charge < -0.3 is 96.2 Å². The van der Waals surface area contributed by atoms with E-state index in [9.17, 15) is 82.9 Å². The molecular weight excluding hydrogens is 1380 g/mol. The van der Waals surface area contributed by atoms with E-state index in [1.807, 2.05) is 36.7 Å². The zero-order valence-corrected chi connectivity index (χ0v) is 59.3. The van der Waals surface area contributed by atoms with Crippen molar-refractivity contribution in [2.24, 2.45) is 17.8 Å². The predicted molar refractivity (Wildman–Crippen MR) is 371 cm³/mol. The molecule has 6 heterocycles. The highest BCUT2D eigenvalue weighted by Crippen LogP contribution is 2.40. The summed E-state index contributed by atoms with van der Waals surface area (Å²) in [5.74, 6) is -7.65. The normalized spacial score (nSPS) is 27.9. The van der Waals surface area contributed by atoms with Gasteiger partial charge in [-0.15, -0.1) is 10.2 Å². The van der Waals surface area contributed by atoms with E-state index in [1.165, 1.54) is 49.3 Å². The van der Waals surface area contributed by atoms with E-state index >= 15 is 4.79 Å². The lowest BCUT2D eigenvalue weighted by Gasteiger charge is -2.34. The number of piperidine rings is 1. The van der Waals surface area contributed by atoms with Crippen molar-refractivity contribution in [3.8, 4) is 33.2 Å². The second kappa shape index (κ2) is 35.7. The number of hydrogen-bond acceptors (Lipinski definition) is 27. The number of aromatic nitrogens is 4. The van der Waals surface area contributed by atoms with E-state index in [4.69, 9.17) is 14.7 Å². The molecule has 0 radical (unpaired) electrons. The molecule has 6 amide bonds. The summed E-state index contributed by atoms with van der Waals surface area (Å²) < 4.78 is 43.4. The molecule has 4 saturated heterocycles. The number of phenols is 1. The Labute approximate surface area is 600 Å². The number of aromatic hydroxyl groups is 1. The largest absolute Gasteiger partial charge is 0.504 e. The lowest BCUT2D eigenvalue weighted by molar-refractivity contribution is -0.147. The zero-order valence-electron chi connectivity index (χ0n) is 57.6. The van der Waals surface area contributed by atoms with Crippen molar-refractivity contribution in [1.29, 1.82) is 0 Å². The lowest BCUT2D eigenvalue weighted by atomic mass is 9.82. The Morgan fingerprint density at radius 3 is 2.03 bits per heavy atom. The van der Waals surface area contributed by atoms with Crippen molar-refractivity contribution in [2.45, 2.75) is 182 Å². The number of benzene rings is 2. The van der Waals surface area contributed by atoms with Crippen LogP contribution in [0.15, 0.2) is 54.9 Å². The van der Waals surface area contributed by atoms with E-state index in [2.05, 4.69) is 45.9 Å². The van der Waals surface area contributed by atoms with Gasteiger partial charge in [0.2, 0.25) is 41.4 Å². The monoisotopic (exact) mass is 1480 g/mol. The fraction of sp³-hybridized carbons (Fsp3) is 0.647. The summed E-state index contributed by atoms with van der Waals surface area (Å²) in [6, 6.07) is 0.0946. The molecule has 2 aliphatic carbocycles. The summed E-state index contributed by atoms with van der Waals surface area (Å²) in [7, 11) is -5.23. The highest BCUT2D eigenvalue weighted by molar-refractivity contribution is 7.81. The van der Waals surface area contributed by atoms with Crippen molar-refractivity contribution in [1.82, 2.24) is 61.4 Å². The molecule has 10 rings (SSSR count). The van der Waals surface area contributed by atoms with Gasteiger partial charge in [0.15, 0.2) is 11.5 Å². The summed E-state index contributed by atoms with van der Waals surface area (Å²) in [5, 5.41) is 124. The Morgan fingerprint density at radius 2 is 1.38 bits per heavy atom. The molecule has 33 nitrogen and oxygen atoms in total. The first-order valence-corrected chi connectivity index (χ1v) is 37.6. The van der Waals surface area contributed by atoms with Gasteiger partial charge in [0, 0.05) is 107 Å². The Balaban J connectivity index is 0.843. The lowest BCUT2D eigenvalue weighted by Crippen LogP contribution is -2.64. The number of β-amino-alcohol motifs (C(OH)–C–C–N with tert-alkyl or cyclic N) is 1. The molecule has 4 aliphatic heterocycles. The van der Waals surface area contributed by atoms with Crippen LogP contribution in [-0.2, 0) is 50.3 Å². The number of aliphatic hydroxyl groups excluding tert-OH is 8. The number of amides is 6. The van der Waals surface area contributed by atoms with Crippen LogP contribution < -0.4 is 35.7 Å². The molecule has 103 heavy (non-hydrogen) atoms. The summed E-state index contributed by atoms with van der Waals surface area (Å²) >= 11 is 1.51. The number of ether oxygens (including phenoxy) is 1. The third-order valence-corrected chi connectivity index (χ3v) is 22.1. The highest BCUT2D eigenvalue weighted by atomic mass is 32.3. The first-order valence-electron chi connectivity index (χ1n) is 35.4. The third kappa shape index (κ3) is 20.4. The topological polar surface area (TPSA) is 482 Å². The molecule has 6 fully saturated rings. The zero-order chi connectivity index (χ0) is 73.8. The smallest absolute Gasteiger partial charge is 0.446 e. The molecule has 4 aromatic rings. The van der Waals surface area contributed by atoms with E-state index in [1.54, 1.807) is 0 Å². The number of hydrogen-bond donors (Lipinski definition) is 15. The minimum Gasteiger partial charge on any atom is -0.504 e. The van der Waals surface area contributed by atoms with E-state index in [0.29, 0.717) is 18.8 Å². The van der Waals surface area contributed by atoms with Gasteiger partial charge in [-0.1, -0.05) is 55.0 Å². The third-order valence-electron chi connectivity index (χ3n) is 20.6. The maximum Gasteiger partial charge on any atom is 0.446 e. The molecular formula is C68H97N13O20S2. The SMILES string of the molecule is C[C@@H](O)[C@@H]1NC(=O)[C@@H](NCC2CCC(c3nnc(-c4ccc(-c5cnc(N6CCC(OCC7CCC7)CC6)nc5)cc4)s3)CC2)C[C@@H](O)CNC(=O)[C@@H]2[C@@H](O)[C@@H](C)CN2C(=O)[C@H]([C@H](O)CCN(CCO)CCO)NC(=O)[C@H]([C@H](O)Cc2ccc(O)c(OS(=O)(=O)O)c2)NC(=O)[C@@H]2C[C@@H](O)CN2C1=O. The maximum atomic E-state index is 15.1. The van der Waals surface area contributed by atoms with Gasteiger partial charge in [-0.3, -0.25) is 38.2 Å². The molecule has 2 aromatic carbocycles. The molecule has 2 saturated carbocycles. The molecule has 2 aromatic heterocycles. The van der Waals surface area contributed by atoms with Crippen LogP contribution in [0.4, 0.5) is 5.95 Å². The van der Waals surface area contributed by atoms with Crippen LogP contribution in [0.5, 0.6) is 11.5 Å². The standard InChI is InChI=1S/C68H97N13O20S2/c1-37-34-81-58(59(37)90)63(94)70-33-46(85)28-49(69-30-39-6-9-43(10-7-39)64-76-77-65(102-64)44-13-11-42(12-14-44)45-31-71-68(72-32-45)79-20-16-48(17-21-79)100-36-40-4-3-5-40)60(91)73-55(38(2)84)66(95)80-35-47(86)29-50(80)61(92)74-56(53(89)26-41-8-15-51(87)54(27-41)101-103(97,98)99)62(93)75-57(67(81)96)52(88)18-19-78(22-24-82)23-25-83/h8,11-15,27,31-32,37-40,43,46-50,52-53,55-59,69,82-90H,3-7,9-10,16-26,28-30,33-36H2,1-2H3,(H,70,94)(H,73,91)(H,74,92)(H,75,93)(H,97,98,99)/t37-,38+,39?,43?,46+,47+,49-,50-,52+,53+,55-,56-,57-,58-,59-/m0/s1. The second-order valence-electron chi connectivity index (χ2n) is 28.2. The van der Waals surface area contributed by atoms with Crippen LogP contribution in [0.1, 0.15) is 107 Å². The second-order valence-corrected chi connectivity index (χ2v) is 30.2. The van der Waals surface area contributed by atoms with E-state index in [0.717, 1.165) is 106 Å². The van der Waals surface area contributed by atoms with Crippen LogP contribution in [0.25, 0.3) is 21.7 Å². The highest BCUT2D eigenvalue weighted by Gasteiger charge is 2.50. The minimum absolute atomic E-state index is 0.00354. The first kappa shape index (κ1) is 78.4. The predicted octanol–water partition coefficient (Wildman–Crippen LogP) is -1.91. The number of phenolic OH excluding ortho intramolecular Hbond substituents is 1. The molecule has 35 heteroatoms. The summed E-state index contributed by atoms with van der Waals surface area (Å²) in [6.07, 6.45) is 0.325. The molecule has 0 bridgehead atoms. The number of fused-ring (bicyclic) bond motifs is 2. The van der Waals surface area contributed by atoms with Gasteiger partial charge in [0.1, 0.15) is 40.2 Å². The Hall–Kier alpha value is -7.23. The van der Waals surface area contributed by atoms with Crippen LogP contribution >= 0.6 is 11.3 Å². The summed E-state index contributed by atoms with van der Waals surface area (Å²) in [5.41, 5.74) is 2.66. The average Bonchev–Trinajstić information content (AvgIpc) is 1.68. The average molecular weight is 1480 g/mol. The number of nitrogens with zero attached hydrogens (tertiary/aromatic N) is 8. The number of anilines is 1. The van der Waals surface area contributed by atoms with Gasteiger partial charge in [-0.2, -0.15) is 8.42 Å². The summed E-state index contributed by atoms with van der Waals surface area (Å²) in [6.45, 7) is 3.18. The molecule has 13 atom stereocenters. The fourth-order valence-corrected chi connectivity index (χ4v) is 15.7.